The summed E-state index contributed by atoms with van der Waals surface area (Å²) in [5, 5.41) is 4.37. The molecule has 2 heterocycles. The van der Waals surface area contributed by atoms with Crippen LogP contribution in [0.4, 0.5) is 0 Å². The van der Waals surface area contributed by atoms with E-state index in [1.165, 1.54) is 10.6 Å². The van der Waals surface area contributed by atoms with Crippen molar-refractivity contribution in [2.45, 2.75) is 46.3 Å². The zero-order chi connectivity index (χ0) is 14.7. The third-order valence-electron chi connectivity index (χ3n) is 3.12. The highest BCUT2D eigenvalue weighted by Gasteiger charge is 2.08. The summed E-state index contributed by atoms with van der Waals surface area (Å²) in [7, 11) is 0. The van der Waals surface area contributed by atoms with Crippen LogP contribution < -0.4 is 11.2 Å². The molecule has 0 aliphatic rings. The van der Waals surface area contributed by atoms with Gasteiger partial charge >= 0.3 is 5.69 Å². The molecule has 0 aromatic carbocycles. The van der Waals surface area contributed by atoms with Gasteiger partial charge in [-0.15, -0.1) is 0 Å². The fourth-order valence-electron chi connectivity index (χ4n) is 2.02. The monoisotopic (exact) mass is 276 g/mol. The summed E-state index contributed by atoms with van der Waals surface area (Å²) in [6.07, 6.45) is 4.26. The Labute approximate surface area is 117 Å². The largest absolute Gasteiger partial charge is 0.331 e. The van der Waals surface area contributed by atoms with Crippen LogP contribution in [0.2, 0.25) is 0 Å². The predicted octanol–water partition coefficient (Wildman–Crippen LogP) is 1.25. The molecule has 2 rings (SSSR count). The van der Waals surface area contributed by atoms with Crippen molar-refractivity contribution in [3.05, 3.63) is 51.1 Å². The number of nitrogens with zero attached hydrogens (tertiary/aromatic N) is 4. The summed E-state index contributed by atoms with van der Waals surface area (Å²) in [6.45, 7) is 6.87. The molecule has 108 valence electrons. The molecule has 0 radical (unpaired) electrons. The van der Waals surface area contributed by atoms with Crippen molar-refractivity contribution in [2.75, 3.05) is 0 Å². The molecule has 6 heteroatoms. The molecule has 0 aliphatic carbocycles. The van der Waals surface area contributed by atoms with Crippen molar-refractivity contribution in [3.63, 3.8) is 0 Å². The maximum Gasteiger partial charge on any atom is 0.331 e. The summed E-state index contributed by atoms with van der Waals surface area (Å²) >= 11 is 0. The number of rotatable bonds is 5. The van der Waals surface area contributed by atoms with Crippen molar-refractivity contribution in [1.29, 1.82) is 0 Å². The minimum absolute atomic E-state index is 0.210. The maximum atomic E-state index is 12.2. The Morgan fingerprint density at radius 1 is 1.20 bits per heavy atom. The summed E-state index contributed by atoms with van der Waals surface area (Å²) in [4.78, 5) is 24.1. The third kappa shape index (κ3) is 2.89. The average molecular weight is 276 g/mol. The smallest absolute Gasteiger partial charge is 0.300 e. The van der Waals surface area contributed by atoms with Crippen molar-refractivity contribution in [3.8, 4) is 0 Å². The topological polar surface area (TPSA) is 61.8 Å². The Bertz CT molecular complexity index is 694. The van der Waals surface area contributed by atoms with Gasteiger partial charge in [-0.1, -0.05) is 6.92 Å². The van der Waals surface area contributed by atoms with Crippen LogP contribution in [0, 0.1) is 0 Å². The van der Waals surface area contributed by atoms with E-state index in [1.807, 2.05) is 37.7 Å². The Balaban J connectivity index is 2.35. The van der Waals surface area contributed by atoms with Gasteiger partial charge in [-0.05, 0) is 26.3 Å². The van der Waals surface area contributed by atoms with E-state index in [9.17, 15) is 9.59 Å². The van der Waals surface area contributed by atoms with Crippen molar-refractivity contribution >= 4 is 0 Å². The molecule has 0 fully saturated rings. The van der Waals surface area contributed by atoms with Crippen LogP contribution in [0.5, 0.6) is 0 Å². The second kappa shape index (κ2) is 5.90. The first kappa shape index (κ1) is 14.3. The Morgan fingerprint density at radius 2 is 1.95 bits per heavy atom. The highest BCUT2D eigenvalue weighted by atomic mass is 16.2. The molecule has 0 amide bonds. The summed E-state index contributed by atoms with van der Waals surface area (Å²) in [5.74, 6) is 0. The van der Waals surface area contributed by atoms with E-state index >= 15 is 0 Å². The molecule has 0 atom stereocenters. The average Bonchev–Trinajstić information content (AvgIpc) is 2.87. The number of aromatic nitrogens is 4. The summed E-state index contributed by atoms with van der Waals surface area (Å²) in [6, 6.07) is 3.52. The first-order chi connectivity index (χ1) is 9.52. The lowest BCUT2D eigenvalue weighted by atomic mass is 10.4. The molecule has 2 aromatic rings. The molecule has 0 N–H and O–H groups in total. The van der Waals surface area contributed by atoms with Gasteiger partial charge in [0.1, 0.15) is 0 Å². The van der Waals surface area contributed by atoms with E-state index in [1.54, 1.807) is 10.8 Å². The molecule has 0 aliphatic heterocycles. The summed E-state index contributed by atoms with van der Waals surface area (Å²) < 4.78 is 4.59. The van der Waals surface area contributed by atoms with Crippen LogP contribution in [-0.4, -0.2) is 18.9 Å². The number of hydrogen-bond acceptors (Lipinski definition) is 3. The van der Waals surface area contributed by atoms with Crippen molar-refractivity contribution < 1.29 is 0 Å². The van der Waals surface area contributed by atoms with Gasteiger partial charge in [0.2, 0.25) is 0 Å². The fraction of sp³-hybridized carbons (Fsp3) is 0.500. The van der Waals surface area contributed by atoms with E-state index < -0.39 is 0 Å². The van der Waals surface area contributed by atoms with Crippen LogP contribution in [0.15, 0.2) is 34.1 Å². The number of hydrogen-bond donors (Lipinski definition) is 0. The molecule has 0 unspecified atom stereocenters. The standard InChI is InChI=1S/C14H20N4O2/c1-4-7-16-8-6-13(19)17(14(16)20)10-12-5-9-18(15-12)11(2)3/h5-6,8-9,11H,4,7,10H2,1-3H3. The van der Waals surface area contributed by atoms with Gasteiger partial charge in [-0.3, -0.25) is 14.0 Å². The quantitative estimate of drug-likeness (QED) is 0.825. The number of aryl methyl sites for hydroxylation is 1. The van der Waals surface area contributed by atoms with Gasteiger partial charge in [0.05, 0.1) is 12.2 Å². The van der Waals surface area contributed by atoms with Crippen LogP contribution >= 0.6 is 0 Å². The predicted molar refractivity (Wildman–Crippen MR) is 77.0 cm³/mol. The van der Waals surface area contributed by atoms with Gasteiger partial charge in [-0.25, -0.2) is 4.79 Å². The van der Waals surface area contributed by atoms with Gasteiger partial charge in [0, 0.05) is 31.0 Å². The van der Waals surface area contributed by atoms with Crippen LogP contribution in [0.3, 0.4) is 0 Å². The van der Waals surface area contributed by atoms with Gasteiger partial charge in [-0.2, -0.15) is 5.10 Å². The first-order valence-corrected chi connectivity index (χ1v) is 6.87. The van der Waals surface area contributed by atoms with Gasteiger partial charge in [0.15, 0.2) is 0 Å². The Kier molecular flexibility index (Phi) is 4.22. The van der Waals surface area contributed by atoms with Crippen molar-refractivity contribution in [2.24, 2.45) is 0 Å². The van der Waals surface area contributed by atoms with E-state index in [-0.39, 0.29) is 23.8 Å². The lowest BCUT2D eigenvalue weighted by Crippen LogP contribution is -2.39. The molecule has 2 aromatic heterocycles. The summed E-state index contributed by atoms with van der Waals surface area (Å²) in [5.41, 5.74) is 0.145. The minimum Gasteiger partial charge on any atom is -0.300 e. The molecular weight excluding hydrogens is 256 g/mol. The minimum atomic E-state index is -0.290. The lowest BCUT2D eigenvalue weighted by Gasteiger charge is -2.08. The van der Waals surface area contributed by atoms with E-state index in [0.717, 1.165) is 6.42 Å². The molecule has 0 spiro atoms. The molecule has 0 saturated heterocycles. The lowest BCUT2D eigenvalue weighted by molar-refractivity contribution is 0.516. The second-order valence-corrected chi connectivity index (χ2v) is 5.10. The third-order valence-corrected chi connectivity index (χ3v) is 3.12. The maximum absolute atomic E-state index is 12.2. The van der Waals surface area contributed by atoms with E-state index in [0.29, 0.717) is 12.2 Å². The Hall–Kier alpha value is -2.11. The molecule has 0 saturated carbocycles. The molecule has 0 bridgehead atoms. The van der Waals surface area contributed by atoms with Crippen molar-refractivity contribution in [1.82, 2.24) is 18.9 Å². The zero-order valence-electron chi connectivity index (χ0n) is 12.1. The van der Waals surface area contributed by atoms with Gasteiger partial charge < -0.3 is 4.57 Å². The molecule has 20 heavy (non-hydrogen) atoms. The SMILES string of the molecule is CCCn1ccc(=O)n(Cc2ccn(C(C)C)n2)c1=O. The van der Waals surface area contributed by atoms with Crippen LogP contribution in [-0.2, 0) is 13.1 Å². The highest BCUT2D eigenvalue weighted by Crippen LogP contribution is 2.04. The van der Waals surface area contributed by atoms with Crippen LogP contribution in [0.1, 0.15) is 38.9 Å². The van der Waals surface area contributed by atoms with Gasteiger partial charge in [0.25, 0.3) is 5.56 Å². The Morgan fingerprint density at radius 3 is 2.55 bits per heavy atom. The molecular formula is C14H20N4O2. The fourth-order valence-corrected chi connectivity index (χ4v) is 2.02. The van der Waals surface area contributed by atoms with Crippen LogP contribution in [0.25, 0.3) is 0 Å². The van der Waals surface area contributed by atoms with E-state index in [2.05, 4.69) is 5.10 Å². The molecule has 6 nitrogen and oxygen atoms in total. The first-order valence-electron chi connectivity index (χ1n) is 6.87. The normalized spacial score (nSPS) is 11.2. The zero-order valence-corrected chi connectivity index (χ0v) is 12.1. The van der Waals surface area contributed by atoms with E-state index in [4.69, 9.17) is 0 Å². The second-order valence-electron chi connectivity index (χ2n) is 5.10. The highest BCUT2D eigenvalue weighted by molar-refractivity contribution is 5.01.